The molecule has 2 N–H and O–H groups in total. The summed E-state index contributed by atoms with van der Waals surface area (Å²) in [4.78, 5) is 14.5. The lowest BCUT2D eigenvalue weighted by molar-refractivity contribution is 0.0982. The number of para-hydroxylation sites is 1. The van der Waals surface area contributed by atoms with Crippen LogP contribution in [0.1, 0.15) is 41.9 Å². The summed E-state index contributed by atoms with van der Waals surface area (Å²) in [5.74, 6) is -0.0166. The minimum Gasteiger partial charge on any atom is -0.310 e. The molecule has 0 radical (unpaired) electrons. The molecule has 5 nitrogen and oxygen atoms in total. The van der Waals surface area contributed by atoms with Crippen molar-refractivity contribution in [1.29, 1.82) is 0 Å². The second kappa shape index (κ2) is 6.10. The van der Waals surface area contributed by atoms with Crippen molar-refractivity contribution in [2.24, 2.45) is 0 Å². The Morgan fingerprint density at radius 2 is 2.29 bits per heavy atom. The van der Waals surface area contributed by atoms with Gasteiger partial charge < -0.3 is 10.2 Å². The average molecular weight is 284 g/mol. The summed E-state index contributed by atoms with van der Waals surface area (Å²) in [5.41, 5.74) is 2.73. The van der Waals surface area contributed by atoms with E-state index in [1.54, 1.807) is 12.3 Å². The number of hydrogen-bond donors (Lipinski definition) is 2. The summed E-state index contributed by atoms with van der Waals surface area (Å²) in [6.45, 7) is 3.77. The van der Waals surface area contributed by atoms with Gasteiger partial charge in [-0.05, 0) is 37.1 Å². The van der Waals surface area contributed by atoms with E-state index in [4.69, 9.17) is 0 Å². The minimum atomic E-state index is -0.0166. The molecule has 1 aliphatic heterocycles. The molecule has 0 fully saturated rings. The molecule has 1 unspecified atom stereocenters. The van der Waals surface area contributed by atoms with Gasteiger partial charge in [0, 0.05) is 24.5 Å². The Labute approximate surface area is 124 Å². The number of carbonyl (C=O) groups excluding carboxylic acids is 1. The highest BCUT2D eigenvalue weighted by atomic mass is 16.2. The molecule has 0 spiro atoms. The lowest BCUT2D eigenvalue weighted by Gasteiger charge is -2.23. The van der Waals surface area contributed by atoms with Crippen molar-refractivity contribution >= 4 is 11.6 Å². The first-order chi connectivity index (χ1) is 10.3. The zero-order valence-corrected chi connectivity index (χ0v) is 12.2. The van der Waals surface area contributed by atoms with Crippen LogP contribution in [0.4, 0.5) is 5.69 Å². The van der Waals surface area contributed by atoms with E-state index in [0.29, 0.717) is 11.7 Å². The Bertz CT molecular complexity index is 608. The van der Waals surface area contributed by atoms with E-state index in [0.717, 1.165) is 31.6 Å². The molecular formula is C16H20N4O. The van der Waals surface area contributed by atoms with Gasteiger partial charge in [0.2, 0.25) is 0 Å². The maximum absolute atomic E-state index is 12.7. The average Bonchev–Trinajstić information content (AvgIpc) is 2.98. The van der Waals surface area contributed by atoms with E-state index in [1.807, 2.05) is 23.1 Å². The molecule has 0 aliphatic carbocycles. The van der Waals surface area contributed by atoms with Gasteiger partial charge in [-0.1, -0.05) is 25.1 Å². The molecule has 2 aromatic rings. The normalized spacial score (nSPS) is 18.1. The highest BCUT2D eigenvalue weighted by Crippen LogP contribution is 2.33. The Morgan fingerprint density at radius 3 is 3.05 bits per heavy atom. The summed E-state index contributed by atoms with van der Waals surface area (Å²) >= 11 is 0. The van der Waals surface area contributed by atoms with Crippen molar-refractivity contribution in [3.63, 3.8) is 0 Å². The molecule has 1 amide bonds. The molecule has 3 rings (SSSR count). The van der Waals surface area contributed by atoms with Gasteiger partial charge in [0.05, 0.1) is 0 Å². The van der Waals surface area contributed by atoms with Crippen LogP contribution in [0.5, 0.6) is 0 Å². The van der Waals surface area contributed by atoms with Crippen molar-refractivity contribution < 1.29 is 4.79 Å². The zero-order chi connectivity index (χ0) is 14.7. The number of hydrogen-bond acceptors (Lipinski definition) is 3. The van der Waals surface area contributed by atoms with Gasteiger partial charge in [0.1, 0.15) is 5.69 Å². The SMILES string of the molecule is CCNC1CCCN(C(=O)c2ccn[nH]2)c2ccccc21. The maximum Gasteiger partial charge on any atom is 0.276 e. The lowest BCUT2D eigenvalue weighted by atomic mass is 10.0. The summed E-state index contributed by atoms with van der Waals surface area (Å²) in [6, 6.07) is 10.2. The first kappa shape index (κ1) is 13.8. The van der Waals surface area contributed by atoms with Crippen molar-refractivity contribution in [2.45, 2.75) is 25.8 Å². The number of anilines is 1. The first-order valence-electron chi connectivity index (χ1n) is 7.44. The third-order valence-corrected chi connectivity index (χ3v) is 3.90. The van der Waals surface area contributed by atoms with E-state index in [2.05, 4.69) is 28.5 Å². The van der Waals surface area contributed by atoms with E-state index >= 15 is 0 Å². The van der Waals surface area contributed by atoms with Gasteiger partial charge in [0.15, 0.2) is 0 Å². The van der Waals surface area contributed by atoms with Crippen molar-refractivity contribution in [3.05, 3.63) is 47.8 Å². The van der Waals surface area contributed by atoms with Crippen LogP contribution in [-0.2, 0) is 0 Å². The van der Waals surface area contributed by atoms with Gasteiger partial charge in [-0.25, -0.2) is 0 Å². The molecule has 1 aliphatic rings. The highest BCUT2D eigenvalue weighted by Gasteiger charge is 2.26. The fourth-order valence-electron chi connectivity index (χ4n) is 2.95. The molecule has 2 heterocycles. The third-order valence-electron chi connectivity index (χ3n) is 3.90. The van der Waals surface area contributed by atoms with Gasteiger partial charge >= 0.3 is 0 Å². The van der Waals surface area contributed by atoms with Gasteiger partial charge in [-0.3, -0.25) is 9.89 Å². The van der Waals surface area contributed by atoms with E-state index in [-0.39, 0.29) is 5.91 Å². The first-order valence-corrected chi connectivity index (χ1v) is 7.44. The van der Waals surface area contributed by atoms with Crippen molar-refractivity contribution in [2.75, 3.05) is 18.0 Å². The molecule has 0 saturated carbocycles. The van der Waals surface area contributed by atoms with Crippen LogP contribution >= 0.6 is 0 Å². The number of fused-ring (bicyclic) bond motifs is 1. The minimum absolute atomic E-state index is 0.0166. The molecular weight excluding hydrogens is 264 g/mol. The van der Waals surface area contributed by atoms with Crippen LogP contribution in [0.2, 0.25) is 0 Å². The fraction of sp³-hybridized carbons (Fsp3) is 0.375. The Hall–Kier alpha value is -2.14. The maximum atomic E-state index is 12.7. The van der Waals surface area contributed by atoms with Crippen LogP contribution in [-0.4, -0.2) is 29.2 Å². The Balaban J connectivity index is 1.98. The van der Waals surface area contributed by atoms with Crippen LogP contribution in [0, 0.1) is 0 Å². The number of nitrogens with zero attached hydrogens (tertiary/aromatic N) is 2. The predicted octanol–water partition coefficient (Wildman–Crippen LogP) is 2.50. The van der Waals surface area contributed by atoms with E-state index in [1.165, 1.54) is 5.56 Å². The molecule has 110 valence electrons. The summed E-state index contributed by atoms with van der Waals surface area (Å²) in [6.07, 6.45) is 3.63. The molecule has 0 saturated heterocycles. The molecule has 21 heavy (non-hydrogen) atoms. The number of H-pyrrole nitrogens is 1. The Morgan fingerprint density at radius 1 is 1.43 bits per heavy atom. The quantitative estimate of drug-likeness (QED) is 0.910. The zero-order valence-electron chi connectivity index (χ0n) is 12.2. The third kappa shape index (κ3) is 2.69. The number of rotatable bonds is 3. The standard InChI is InChI=1S/C16H20N4O/c1-2-17-13-7-5-11-20(15-8-4-3-6-12(13)15)16(21)14-9-10-18-19-14/h3-4,6,8-10,13,17H,2,5,7,11H2,1H3,(H,18,19). The summed E-state index contributed by atoms with van der Waals surface area (Å²) in [7, 11) is 0. The largest absolute Gasteiger partial charge is 0.310 e. The number of carbonyl (C=O) groups is 1. The summed E-state index contributed by atoms with van der Waals surface area (Å²) < 4.78 is 0. The fourth-order valence-corrected chi connectivity index (χ4v) is 2.95. The van der Waals surface area contributed by atoms with Crippen molar-refractivity contribution in [1.82, 2.24) is 15.5 Å². The number of aromatic amines is 1. The smallest absolute Gasteiger partial charge is 0.276 e. The number of benzene rings is 1. The lowest BCUT2D eigenvalue weighted by Crippen LogP contribution is -2.32. The number of nitrogens with one attached hydrogen (secondary N) is 2. The molecule has 0 bridgehead atoms. The highest BCUT2D eigenvalue weighted by molar-refractivity contribution is 6.05. The van der Waals surface area contributed by atoms with E-state index in [9.17, 15) is 4.79 Å². The number of aromatic nitrogens is 2. The van der Waals surface area contributed by atoms with Crippen LogP contribution < -0.4 is 10.2 Å². The predicted molar refractivity (Wildman–Crippen MR) is 82.4 cm³/mol. The van der Waals surface area contributed by atoms with Crippen LogP contribution in [0.25, 0.3) is 0 Å². The monoisotopic (exact) mass is 284 g/mol. The number of amides is 1. The van der Waals surface area contributed by atoms with E-state index < -0.39 is 0 Å². The van der Waals surface area contributed by atoms with Crippen LogP contribution in [0.3, 0.4) is 0 Å². The van der Waals surface area contributed by atoms with Crippen molar-refractivity contribution in [3.8, 4) is 0 Å². The topological polar surface area (TPSA) is 61.0 Å². The van der Waals surface area contributed by atoms with Gasteiger partial charge in [0.25, 0.3) is 5.91 Å². The second-order valence-electron chi connectivity index (χ2n) is 5.24. The van der Waals surface area contributed by atoms with Crippen LogP contribution in [0.15, 0.2) is 36.5 Å². The Kier molecular flexibility index (Phi) is 4.01. The molecule has 1 atom stereocenters. The molecule has 1 aromatic carbocycles. The second-order valence-corrected chi connectivity index (χ2v) is 5.24. The molecule has 1 aromatic heterocycles. The molecule has 5 heteroatoms. The van der Waals surface area contributed by atoms with Gasteiger partial charge in [-0.15, -0.1) is 0 Å². The summed E-state index contributed by atoms with van der Waals surface area (Å²) in [5, 5.41) is 10.2. The van der Waals surface area contributed by atoms with Gasteiger partial charge in [-0.2, -0.15) is 5.10 Å².